The van der Waals surface area contributed by atoms with Crippen molar-refractivity contribution < 1.29 is 8.78 Å². The van der Waals surface area contributed by atoms with Crippen LogP contribution in [0.4, 0.5) is 8.78 Å². The quantitative estimate of drug-likeness (QED) is 0.764. The number of nitrogens with two attached hydrogens (primary N) is 1. The molecule has 0 saturated carbocycles. The van der Waals surface area contributed by atoms with Crippen LogP contribution in [0.25, 0.3) is 10.1 Å². The van der Waals surface area contributed by atoms with Gasteiger partial charge in [-0.2, -0.15) is 0 Å². The van der Waals surface area contributed by atoms with Crippen molar-refractivity contribution in [2.24, 2.45) is 5.73 Å². The maximum Gasteiger partial charge on any atom is 0.129 e. The van der Waals surface area contributed by atoms with E-state index in [2.05, 4.69) is 17.5 Å². The summed E-state index contributed by atoms with van der Waals surface area (Å²) in [5.41, 5.74) is 7.79. The van der Waals surface area contributed by atoms with Crippen molar-refractivity contribution in [2.75, 3.05) is 0 Å². The fourth-order valence-corrected chi connectivity index (χ4v) is 3.49. The highest BCUT2D eigenvalue weighted by Crippen LogP contribution is 2.26. The molecule has 0 amide bonds. The van der Waals surface area contributed by atoms with E-state index in [0.29, 0.717) is 18.4 Å². The summed E-state index contributed by atoms with van der Waals surface area (Å²) in [6, 6.07) is 11.6. The van der Waals surface area contributed by atoms with E-state index in [1.807, 2.05) is 12.1 Å². The average Bonchev–Trinajstić information content (AvgIpc) is 2.85. The molecule has 0 aliphatic rings. The van der Waals surface area contributed by atoms with Gasteiger partial charge in [0.2, 0.25) is 0 Å². The lowest BCUT2D eigenvalue weighted by Gasteiger charge is -2.12. The fraction of sp³-hybridized carbons (Fsp3) is 0.176. The van der Waals surface area contributed by atoms with Gasteiger partial charge in [0.15, 0.2) is 0 Å². The zero-order valence-corrected chi connectivity index (χ0v) is 12.2. The van der Waals surface area contributed by atoms with Crippen molar-refractivity contribution in [3.63, 3.8) is 0 Å². The molecular weight excluding hydrogens is 288 g/mol. The molecule has 21 heavy (non-hydrogen) atoms. The normalized spacial score (nSPS) is 12.7. The maximum absolute atomic E-state index is 13.6. The number of hydrogen-bond donors (Lipinski definition) is 1. The zero-order chi connectivity index (χ0) is 14.8. The van der Waals surface area contributed by atoms with E-state index in [1.54, 1.807) is 11.3 Å². The summed E-state index contributed by atoms with van der Waals surface area (Å²) in [6.07, 6.45) is 1.08. The van der Waals surface area contributed by atoms with Gasteiger partial charge in [0.05, 0.1) is 0 Å². The lowest BCUT2D eigenvalue weighted by molar-refractivity contribution is 0.559. The molecule has 1 atom stereocenters. The molecule has 0 bridgehead atoms. The Morgan fingerprint density at radius 1 is 1.00 bits per heavy atom. The summed E-state index contributed by atoms with van der Waals surface area (Å²) in [5, 5.41) is 3.31. The molecule has 1 unspecified atom stereocenters. The molecule has 0 saturated heterocycles. The molecule has 1 nitrogen and oxygen atoms in total. The summed E-state index contributed by atoms with van der Waals surface area (Å²) >= 11 is 1.69. The Hall–Kier alpha value is -1.78. The van der Waals surface area contributed by atoms with Gasteiger partial charge < -0.3 is 5.73 Å². The molecule has 3 rings (SSSR count). The van der Waals surface area contributed by atoms with Crippen LogP contribution in [0, 0.1) is 11.6 Å². The fourth-order valence-electron chi connectivity index (χ4n) is 2.52. The number of thiophene rings is 1. The summed E-state index contributed by atoms with van der Waals surface area (Å²) in [7, 11) is 0. The standard InChI is InChI=1S/C17H15F2NS/c18-13-6-5-11(16(19)9-13)7-14(20)8-12-10-21-17-4-2-1-3-15(12)17/h1-6,9-10,14H,7-8,20H2. The Labute approximate surface area is 126 Å². The predicted molar refractivity (Wildman–Crippen MR) is 83.6 cm³/mol. The Morgan fingerprint density at radius 2 is 1.76 bits per heavy atom. The Bertz CT molecular complexity index is 766. The molecule has 0 radical (unpaired) electrons. The highest BCUT2D eigenvalue weighted by molar-refractivity contribution is 7.17. The molecule has 2 N–H and O–H groups in total. The Morgan fingerprint density at radius 3 is 2.57 bits per heavy atom. The van der Waals surface area contributed by atoms with Crippen molar-refractivity contribution in [1.29, 1.82) is 0 Å². The zero-order valence-electron chi connectivity index (χ0n) is 11.4. The molecule has 1 aromatic heterocycles. The first kappa shape index (κ1) is 14.2. The number of hydrogen-bond acceptors (Lipinski definition) is 2. The van der Waals surface area contributed by atoms with E-state index in [0.717, 1.165) is 6.07 Å². The minimum absolute atomic E-state index is 0.192. The monoisotopic (exact) mass is 303 g/mol. The second-order valence-corrected chi connectivity index (χ2v) is 6.07. The molecule has 2 aromatic carbocycles. The van der Waals surface area contributed by atoms with Gasteiger partial charge in [-0.25, -0.2) is 8.78 Å². The maximum atomic E-state index is 13.6. The van der Waals surface area contributed by atoms with Crippen molar-refractivity contribution in [3.05, 3.63) is 70.6 Å². The highest BCUT2D eigenvalue weighted by atomic mass is 32.1. The van der Waals surface area contributed by atoms with Crippen LogP contribution in [-0.2, 0) is 12.8 Å². The third-order valence-corrected chi connectivity index (χ3v) is 4.55. The van der Waals surface area contributed by atoms with Crippen LogP contribution in [0.1, 0.15) is 11.1 Å². The summed E-state index contributed by atoms with van der Waals surface area (Å²) < 4.78 is 27.8. The van der Waals surface area contributed by atoms with Gasteiger partial charge in [0, 0.05) is 16.8 Å². The SMILES string of the molecule is NC(Cc1ccc(F)cc1F)Cc1csc2ccccc12. The van der Waals surface area contributed by atoms with Crippen LogP contribution in [0.3, 0.4) is 0 Å². The third kappa shape index (κ3) is 3.12. The smallest absolute Gasteiger partial charge is 0.129 e. The van der Waals surface area contributed by atoms with Gasteiger partial charge in [-0.05, 0) is 46.9 Å². The number of fused-ring (bicyclic) bond motifs is 1. The predicted octanol–water partition coefficient (Wildman–Crippen LogP) is 4.29. The molecular formula is C17H15F2NS. The van der Waals surface area contributed by atoms with Gasteiger partial charge in [0.25, 0.3) is 0 Å². The molecule has 4 heteroatoms. The molecule has 108 valence electrons. The second-order valence-electron chi connectivity index (χ2n) is 5.16. The number of rotatable bonds is 4. The summed E-state index contributed by atoms with van der Waals surface area (Å²) in [4.78, 5) is 0. The Kier molecular flexibility index (Phi) is 3.99. The van der Waals surface area contributed by atoms with Crippen LogP contribution in [0.2, 0.25) is 0 Å². The van der Waals surface area contributed by atoms with Gasteiger partial charge >= 0.3 is 0 Å². The minimum Gasteiger partial charge on any atom is -0.327 e. The van der Waals surface area contributed by atoms with Crippen LogP contribution < -0.4 is 5.73 Å². The molecule has 0 aliphatic carbocycles. The van der Waals surface area contributed by atoms with Gasteiger partial charge in [-0.1, -0.05) is 24.3 Å². The number of benzene rings is 2. The van der Waals surface area contributed by atoms with Crippen molar-refractivity contribution in [1.82, 2.24) is 0 Å². The Balaban J connectivity index is 1.75. The van der Waals surface area contributed by atoms with Crippen LogP contribution >= 0.6 is 11.3 Å². The van der Waals surface area contributed by atoms with Crippen molar-refractivity contribution >= 4 is 21.4 Å². The summed E-state index contributed by atoms with van der Waals surface area (Å²) in [5.74, 6) is -1.09. The van der Waals surface area contributed by atoms with E-state index in [-0.39, 0.29) is 6.04 Å². The lowest BCUT2D eigenvalue weighted by atomic mass is 9.99. The minimum atomic E-state index is -0.561. The first-order chi connectivity index (χ1) is 10.1. The first-order valence-electron chi connectivity index (χ1n) is 6.78. The largest absolute Gasteiger partial charge is 0.327 e. The topological polar surface area (TPSA) is 26.0 Å². The number of halogens is 2. The highest BCUT2D eigenvalue weighted by Gasteiger charge is 2.12. The van der Waals surface area contributed by atoms with Gasteiger partial charge in [0.1, 0.15) is 11.6 Å². The molecule has 0 spiro atoms. The molecule has 0 aliphatic heterocycles. The van der Waals surface area contributed by atoms with Crippen molar-refractivity contribution in [3.8, 4) is 0 Å². The lowest BCUT2D eigenvalue weighted by Crippen LogP contribution is -2.25. The van der Waals surface area contributed by atoms with Crippen LogP contribution in [0.15, 0.2) is 47.8 Å². The molecule has 0 fully saturated rings. The van der Waals surface area contributed by atoms with E-state index in [9.17, 15) is 8.78 Å². The van der Waals surface area contributed by atoms with E-state index in [1.165, 1.54) is 27.8 Å². The van der Waals surface area contributed by atoms with Crippen molar-refractivity contribution in [2.45, 2.75) is 18.9 Å². The van der Waals surface area contributed by atoms with E-state index < -0.39 is 11.6 Å². The first-order valence-corrected chi connectivity index (χ1v) is 7.66. The van der Waals surface area contributed by atoms with Crippen LogP contribution in [0.5, 0.6) is 0 Å². The van der Waals surface area contributed by atoms with Crippen LogP contribution in [-0.4, -0.2) is 6.04 Å². The van der Waals surface area contributed by atoms with E-state index in [4.69, 9.17) is 5.73 Å². The van der Waals surface area contributed by atoms with Gasteiger partial charge in [-0.3, -0.25) is 0 Å². The van der Waals surface area contributed by atoms with E-state index >= 15 is 0 Å². The molecule has 3 aromatic rings. The average molecular weight is 303 g/mol. The third-order valence-electron chi connectivity index (χ3n) is 3.54. The van der Waals surface area contributed by atoms with Gasteiger partial charge in [-0.15, -0.1) is 11.3 Å². The second kappa shape index (κ2) is 5.92. The summed E-state index contributed by atoms with van der Waals surface area (Å²) in [6.45, 7) is 0. The molecule has 1 heterocycles.